The first-order chi connectivity index (χ1) is 14.9. The lowest BCUT2D eigenvalue weighted by Gasteiger charge is -2.19. The van der Waals surface area contributed by atoms with Crippen LogP contribution in [0.2, 0.25) is 0 Å². The lowest BCUT2D eigenvalue weighted by molar-refractivity contribution is 0.469. The lowest BCUT2D eigenvalue weighted by atomic mass is 10.2. The number of sulfonamides is 1. The number of para-hydroxylation sites is 1. The van der Waals surface area contributed by atoms with Crippen LogP contribution in [-0.2, 0) is 23.0 Å². The minimum Gasteiger partial charge on any atom is -0.419 e. The van der Waals surface area contributed by atoms with Gasteiger partial charge >= 0.3 is 0 Å². The molecule has 5 rings (SSSR count). The Bertz CT molecular complexity index is 1360. The molecule has 3 heterocycles. The van der Waals surface area contributed by atoms with E-state index >= 15 is 0 Å². The minimum absolute atomic E-state index is 0.193. The van der Waals surface area contributed by atoms with Crippen molar-refractivity contribution >= 4 is 15.7 Å². The van der Waals surface area contributed by atoms with Crippen LogP contribution in [0.1, 0.15) is 22.8 Å². The summed E-state index contributed by atoms with van der Waals surface area (Å²) in [5, 5.41) is 12.7. The van der Waals surface area contributed by atoms with Gasteiger partial charge in [0.05, 0.1) is 17.1 Å². The smallest absolute Gasteiger partial charge is 0.268 e. The Labute approximate surface area is 180 Å². The zero-order valence-electron chi connectivity index (χ0n) is 17.2. The molecule has 0 N–H and O–H groups in total. The van der Waals surface area contributed by atoms with Gasteiger partial charge in [-0.25, -0.2) is 8.42 Å². The zero-order valence-corrected chi connectivity index (χ0v) is 18.0. The van der Waals surface area contributed by atoms with Gasteiger partial charge < -0.3 is 4.42 Å². The maximum atomic E-state index is 13.5. The van der Waals surface area contributed by atoms with Crippen LogP contribution in [0, 0.1) is 13.8 Å². The molecule has 8 nitrogen and oxygen atoms in total. The van der Waals surface area contributed by atoms with Gasteiger partial charge in [-0.2, -0.15) is 5.10 Å². The highest BCUT2D eigenvalue weighted by Crippen LogP contribution is 2.34. The third-order valence-corrected chi connectivity index (χ3v) is 7.55. The molecule has 4 aromatic rings. The van der Waals surface area contributed by atoms with E-state index in [0.717, 1.165) is 16.8 Å². The fourth-order valence-corrected chi connectivity index (χ4v) is 5.90. The van der Waals surface area contributed by atoms with Gasteiger partial charge in [0, 0.05) is 12.1 Å². The maximum absolute atomic E-state index is 13.5. The molecule has 0 bridgehead atoms. The van der Waals surface area contributed by atoms with Gasteiger partial charge in [0.25, 0.3) is 10.0 Å². The Kier molecular flexibility index (Phi) is 4.62. The lowest BCUT2D eigenvalue weighted by Crippen LogP contribution is -2.30. The second kappa shape index (κ2) is 7.35. The summed E-state index contributed by atoms with van der Waals surface area (Å²) in [6.07, 6.45) is 0.700. The van der Waals surface area contributed by atoms with Gasteiger partial charge in [0.15, 0.2) is 0 Å². The van der Waals surface area contributed by atoms with Crippen LogP contribution in [0.3, 0.4) is 0 Å². The van der Waals surface area contributed by atoms with E-state index in [0.29, 0.717) is 36.1 Å². The van der Waals surface area contributed by atoms with Crippen molar-refractivity contribution in [3.8, 4) is 11.5 Å². The van der Waals surface area contributed by atoms with Crippen molar-refractivity contribution in [3.05, 3.63) is 77.4 Å². The summed E-state index contributed by atoms with van der Waals surface area (Å²) in [5.74, 6) is 0.776. The molecule has 1 aliphatic rings. The van der Waals surface area contributed by atoms with Crippen molar-refractivity contribution in [3.63, 3.8) is 0 Å². The normalized spacial score (nSPS) is 13.5. The summed E-state index contributed by atoms with van der Waals surface area (Å²) in [6, 6.07) is 17.1. The highest BCUT2D eigenvalue weighted by Gasteiger charge is 2.35. The summed E-state index contributed by atoms with van der Waals surface area (Å²) in [7, 11) is -3.74. The van der Waals surface area contributed by atoms with Crippen LogP contribution in [0.5, 0.6) is 0 Å². The summed E-state index contributed by atoms with van der Waals surface area (Å²) < 4.78 is 35.9. The number of nitrogens with zero attached hydrogens (tertiary/aromatic N) is 5. The highest BCUT2D eigenvalue weighted by atomic mass is 32.2. The average Bonchev–Trinajstić information content (AvgIpc) is 3.47. The van der Waals surface area contributed by atoms with E-state index in [1.54, 1.807) is 18.5 Å². The third-order valence-electron chi connectivity index (χ3n) is 5.48. The topological polar surface area (TPSA) is 94.1 Å². The predicted octanol–water partition coefficient (Wildman–Crippen LogP) is 3.35. The number of rotatable bonds is 5. The van der Waals surface area contributed by atoms with Crippen LogP contribution in [-0.4, -0.2) is 34.9 Å². The number of benzene rings is 2. The van der Waals surface area contributed by atoms with E-state index in [4.69, 9.17) is 4.42 Å². The fourth-order valence-electron chi connectivity index (χ4n) is 4.02. The number of aryl methyl sites for hydroxylation is 1. The fraction of sp³-hybridized carbons (Fsp3) is 0.227. The number of fused-ring (bicyclic) bond motifs is 1. The molecule has 0 amide bonds. The van der Waals surface area contributed by atoms with E-state index in [1.165, 1.54) is 4.31 Å². The van der Waals surface area contributed by atoms with Gasteiger partial charge in [-0.15, -0.1) is 10.2 Å². The molecule has 0 atom stereocenters. The Hall–Kier alpha value is -3.46. The highest BCUT2D eigenvalue weighted by molar-refractivity contribution is 7.93. The molecule has 0 aliphatic carbocycles. The van der Waals surface area contributed by atoms with Crippen LogP contribution >= 0.6 is 0 Å². The maximum Gasteiger partial charge on any atom is 0.268 e. The van der Waals surface area contributed by atoms with E-state index in [1.807, 2.05) is 54.6 Å². The van der Waals surface area contributed by atoms with Gasteiger partial charge in [-0.05, 0) is 44.0 Å². The molecule has 0 unspecified atom stereocenters. The van der Waals surface area contributed by atoms with Crippen LogP contribution < -0.4 is 4.31 Å². The summed E-state index contributed by atoms with van der Waals surface area (Å²) in [6.45, 7) is 4.08. The molecule has 158 valence electrons. The third kappa shape index (κ3) is 3.31. The van der Waals surface area contributed by atoms with Crippen LogP contribution in [0.4, 0.5) is 5.69 Å². The summed E-state index contributed by atoms with van der Waals surface area (Å²) in [4.78, 5) is 0.229. The molecular weight excluding hydrogens is 414 g/mol. The predicted molar refractivity (Wildman–Crippen MR) is 115 cm³/mol. The molecule has 0 spiro atoms. The molecule has 0 fully saturated rings. The van der Waals surface area contributed by atoms with E-state index < -0.39 is 10.0 Å². The molecule has 1 aliphatic heterocycles. The van der Waals surface area contributed by atoms with Gasteiger partial charge in [-0.3, -0.25) is 8.99 Å². The van der Waals surface area contributed by atoms with E-state index in [-0.39, 0.29) is 11.4 Å². The SMILES string of the molecule is Cc1nn(Cc2nnc(-c3ccccc3)o2)c(C)c1S(=O)(=O)N1CCc2ccccc21. The van der Waals surface area contributed by atoms with Crippen molar-refractivity contribution in [1.82, 2.24) is 20.0 Å². The number of anilines is 1. The molecular formula is C22H21N5O3S. The minimum atomic E-state index is -3.74. The largest absolute Gasteiger partial charge is 0.419 e. The van der Waals surface area contributed by atoms with Gasteiger partial charge in [0.2, 0.25) is 11.8 Å². The molecule has 0 radical (unpaired) electrons. The monoisotopic (exact) mass is 435 g/mol. The van der Waals surface area contributed by atoms with E-state index in [9.17, 15) is 8.42 Å². The Morgan fingerprint density at radius 3 is 2.55 bits per heavy atom. The Balaban J connectivity index is 1.46. The van der Waals surface area contributed by atoms with Crippen LogP contribution in [0.15, 0.2) is 63.9 Å². The molecule has 9 heteroatoms. The number of hydrogen-bond donors (Lipinski definition) is 0. The van der Waals surface area contributed by atoms with Crippen LogP contribution in [0.25, 0.3) is 11.5 Å². The number of hydrogen-bond acceptors (Lipinski definition) is 6. The van der Waals surface area contributed by atoms with E-state index in [2.05, 4.69) is 15.3 Å². The zero-order chi connectivity index (χ0) is 21.6. The Morgan fingerprint density at radius 2 is 1.74 bits per heavy atom. The van der Waals surface area contributed by atoms with Crippen molar-refractivity contribution in [1.29, 1.82) is 0 Å². The molecule has 2 aromatic carbocycles. The van der Waals surface area contributed by atoms with Gasteiger partial charge in [0.1, 0.15) is 11.4 Å². The van der Waals surface area contributed by atoms with Crippen molar-refractivity contribution in [2.24, 2.45) is 0 Å². The first kappa shape index (κ1) is 19.5. The second-order valence-corrected chi connectivity index (χ2v) is 9.28. The Morgan fingerprint density at radius 1 is 1.00 bits per heavy atom. The first-order valence-electron chi connectivity index (χ1n) is 9.97. The molecule has 2 aromatic heterocycles. The second-order valence-electron chi connectivity index (χ2n) is 7.48. The first-order valence-corrected chi connectivity index (χ1v) is 11.4. The van der Waals surface area contributed by atoms with Gasteiger partial charge in [-0.1, -0.05) is 36.4 Å². The average molecular weight is 436 g/mol. The standard InChI is InChI=1S/C22H21N5O3S/c1-15-21(31(28,29)27-13-12-17-8-6-7-11-19(17)27)16(2)26(25-15)14-20-23-24-22(30-20)18-9-4-3-5-10-18/h3-11H,12-14H2,1-2H3. The van der Waals surface area contributed by atoms with Crippen molar-refractivity contribution < 1.29 is 12.8 Å². The van der Waals surface area contributed by atoms with Crippen molar-refractivity contribution in [2.45, 2.75) is 31.7 Å². The van der Waals surface area contributed by atoms with Crippen molar-refractivity contribution in [2.75, 3.05) is 10.8 Å². The summed E-state index contributed by atoms with van der Waals surface area (Å²) >= 11 is 0. The summed E-state index contributed by atoms with van der Waals surface area (Å²) in [5.41, 5.74) is 3.59. The number of aromatic nitrogens is 4. The molecule has 31 heavy (non-hydrogen) atoms. The molecule has 0 saturated heterocycles. The quantitative estimate of drug-likeness (QED) is 0.477. The molecule has 0 saturated carbocycles.